The van der Waals surface area contributed by atoms with Gasteiger partial charge < -0.3 is 15.8 Å². The number of nitrogens with two attached hydrogens (primary N) is 1. The van der Waals surface area contributed by atoms with Crippen molar-refractivity contribution >= 4 is 23.3 Å². The summed E-state index contributed by atoms with van der Waals surface area (Å²) in [5.41, 5.74) is 8.14. The van der Waals surface area contributed by atoms with Crippen molar-refractivity contribution in [2.75, 3.05) is 6.61 Å². The highest BCUT2D eigenvalue weighted by atomic mass is 16.5. The fourth-order valence-corrected chi connectivity index (χ4v) is 1.68. The van der Waals surface area contributed by atoms with Gasteiger partial charge in [-0.3, -0.25) is 14.6 Å². The van der Waals surface area contributed by atoms with Crippen LogP contribution < -0.4 is 11.1 Å². The average molecular weight is 314 g/mol. The summed E-state index contributed by atoms with van der Waals surface area (Å²) in [5, 5.41) is 11.3. The first-order valence-corrected chi connectivity index (χ1v) is 6.79. The molecule has 1 amide bonds. The Bertz CT molecular complexity index is 693. The number of nitrogens with one attached hydrogen (secondary N) is 1. The number of benzene rings is 1. The zero-order valence-electron chi connectivity index (χ0n) is 13.2. The topological polar surface area (TPSA) is 118 Å². The summed E-state index contributed by atoms with van der Waals surface area (Å²) in [6.45, 7) is 4.14. The van der Waals surface area contributed by atoms with Gasteiger partial charge in [-0.1, -0.05) is 0 Å². The molecule has 1 rings (SSSR count). The van der Waals surface area contributed by atoms with Gasteiger partial charge in [-0.25, -0.2) is 0 Å². The van der Waals surface area contributed by atoms with E-state index in [4.69, 9.17) is 11.0 Å². The minimum absolute atomic E-state index is 0.353. The maximum absolute atomic E-state index is 11.7. The van der Waals surface area contributed by atoms with E-state index in [1.54, 1.807) is 38.1 Å². The minimum Gasteiger partial charge on any atom is -0.456 e. The van der Waals surface area contributed by atoms with Crippen molar-refractivity contribution in [2.24, 2.45) is 10.7 Å². The van der Waals surface area contributed by atoms with Gasteiger partial charge in [-0.15, -0.1) is 0 Å². The van der Waals surface area contributed by atoms with E-state index >= 15 is 0 Å². The number of nitrogens with zero attached hydrogens (tertiary/aromatic N) is 2. The summed E-state index contributed by atoms with van der Waals surface area (Å²) in [4.78, 5) is 26.8. The molecule has 0 aliphatic carbocycles. The number of rotatable bonds is 5. The van der Waals surface area contributed by atoms with Crippen LogP contribution in [-0.2, 0) is 14.3 Å². The Balaban J connectivity index is 2.90. The molecule has 0 spiro atoms. The molecule has 0 aliphatic rings. The lowest BCUT2D eigenvalue weighted by Crippen LogP contribution is -2.32. The molecule has 0 aromatic heterocycles. The molecule has 0 saturated heterocycles. The van der Waals surface area contributed by atoms with Crippen molar-refractivity contribution < 1.29 is 14.3 Å². The van der Waals surface area contributed by atoms with Crippen LogP contribution >= 0.6 is 0 Å². The van der Waals surface area contributed by atoms with E-state index < -0.39 is 18.5 Å². The third kappa shape index (κ3) is 6.01. The molecule has 7 heteroatoms. The number of ether oxygens (including phenoxy) is 1. The number of esters is 1. The predicted octanol–water partition coefficient (Wildman–Crippen LogP) is 1.52. The molecular weight excluding hydrogens is 296 g/mol. The van der Waals surface area contributed by atoms with Gasteiger partial charge in [-0.2, -0.15) is 5.26 Å². The molecule has 1 aromatic rings. The van der Waals surface area contributed by atoms with E-state index in [0.29, 0.717) is 28.4 Å². The van der Waals surface area contributed by atoms with Crippen LogP contribution in [-0.4, -0.2) is 24.2 Å². The predicted molar refractivity (Wildman–Crippen MR) is 85.6 cm³/mol. The minimum atomic E-state index is -0.543. The van der Waals surface area contributed by atoms with E-state index in [9.17, 15) is 9.59 Å². The normalized spacial score (nSPS) is 12.0. The Morgan fingerprint density at radius 2 is 1.87 bits per heavy atom. The maximum Gasteiger partial charge on any atom is 0.303 e. The van der Waals surface area contributed by atoms with Crippen molar-refractivity contribution in [1.82, 2.24) is 5.32 Å². The lowest BCUT2D eigenvalue weighted by Gasteiger charge is -2.12. The van der Waals surface area contributed by atoms with E-state index in [2.05, 4.69) is 15.0 Å². The molecule has 120 valence electrons. The summed E-state index contributed by atoms with van der Waals surface area (Å²) in [7, 11) is 0. The van der Waals surface area contributed by atoms with Crippen molar-refractivity contribution in [3.8, 4) is 6.07 Å². The summed E-state index contributed by atoms with van der Waals surface area (Å²) in [5.74, 6) is -1.05. The Morgan fingerprint density at radius 3 is 2.35 bits per heavy atom. The third-order valence-corrected chi connectivity index (χ3v) is 2.72. The SMILES string of the molecule is CC(=O)OCC(=O)NC(C(C)=Nc1ccc(C#N)cc1)=C(C)N. The molecule has 1 aromatic carbocycles. The second-order valence-electron chi connectivity index (χ2n) is 4.74. The zero-order valence-corrected chi connectivity index (χ0v) is 13.2. The molecule has 0 atom stereocenters. The standard InChI is InChI=1S/C16H18N4O3/c1-10(18)16(20-15(22)9-23-12(3)21)11(2)19-14-6-4-13(8-17)5-7-14/h4-7H,9,18H2,1-3H3,(H,20,22). The van der Waals surface area contributed by atoms with Crippen LogP contribution in [0.25, 0.3) is 0 Å². The first-order valence-electron chi connectivity index (χ1n) is 6.79. The van der Waals surface area contributed by atoms with Crippen molar-refractivity contribution in [1.29, 1.82) is 5.26 Å². The van der Waals surface area contributed by atoms with Crippen molar-refractivity contribution in [3.63, 3.8) is 0 Å². The average Bonchev–Trinajstić information content (AvgIpc) is 2.50. The van der Waals surface area contributed by atoms with Gasteiger partial charge in [0.25, 0.3) is 5.91 Å². The second-order valence-corrected chi connectivity index (χ2v) is 4.74. The number of nitriles is 1. The lowest BCUT2D eigenvalue weighted by atomic mass is 10.2. The van der Waals surface area contributed by atoms with E-state index in [0.717, 1.165) is 0 Å². The number of aliphatic imine (C=N–C) groups is 1. The molecule has 0 fully saturated rings. The highest BCUT2D eigenvalue weighted by Crippen LogP contribution is 2.14. The second kappa shape index (κ2) is 8.34. The van der Waals surface area contributed by atoms with Gasteiger partial charge in [-0.05, 0) is 38.1 Å². The fraction of sp³-hybridized carbons (Fsp3) is 0.250. The molecule has 0 heterocycles. The van der Waals surface area contributed by atoms with Crippen LogP contribution in [0.1, 0.15) is 26.3 Å². The number of amides is 1. The number of carbonyl (C=O) groups excluding carboxylic acids is 2. The first kappa shape index (κ1) is 17.9. The largest absolute Gasteiger partial charge is 0.456 e. The van der Waals surface area contributed by atoms with Crippen LogP contribution in [0.15, 0.2) is 40.7 Å². The van der Waals surface area contributed by atoms with Crippen molar-refractivity contribution in [3.05, 3.63) is 41.2 Å². The van der Waals surface area contributed by atoms with Gasteiger partial charge in [0, 0.05) is 12.6 Å². The Labute approximate surface area is 134 Å². The summed E-state index contributed by atoms with van der Waals surface area (Å²) >= 11 is 0. The molecule has 0 aliphatic heterocycles. The van der Waals surface area contributed by atoms with Crippen LogP contribution in [0.3, 0.4) is 0 Å². The van der Waals surface area contributed by atoms with Gasteiger partial charge in [0.2, 0.25) is 0 Å². The number of hydrogen-bond donors (Lipinski definition) is 2. The van der Waals surface area contributed by atoms with Gasteiger partial charge in [0.1, 0.15) is 0 Å². The molecular formula is C16H18N4O3. The summed E-state index contributed by atoms with van der Waals surface area (Å²) in [6, 6.07) is 8.68. The van der Waals surface area contributed by atoms with Crippen LogP contribution in [0, 0.1) is 11.3 Å². The highest BCUT2D eigenvalue weighted by Gasteiger charge is 2.11. The van der Waals surface area contributed by atoms with Crippen LogP contribution in [0.5, 0.6) is 0 Å². The molecule has 3 N–H and O–H groups in total. The fourth-order valence-electron chi connectivity index (χ4n) is 1.68. The molecule has 0 bridgehead atoms. The number of carbonyl (C=O) groups is 2. The molecule has 0 unspecified atom stereocenters. The molecule has 23 heavy (non-hydrogen) atoms. The van der Waals surface area contributed by atoms with E-state index in [1.807, 2.05) is 6.07 Å². The smallest absolute Gasteiger partial charge is 0.303 e. The zero-order chi connectivity index (χ0) is 17.4. The van der Waals surface area contributed by atoms with Gasteiger partial charge >= 0.3 is 5.97 Å². The quantitative estimate of drug-likeness (QED) is 0.631. The number of allylic oxidation sites excluding steroid dienone is 2. The number of hydrogen-bond acceptors (Lipinski definition) is 6. The Kier molecular flexibility index (Phi) is 6.49. The monoisotopic (exact) mass is 314 g/mol. The van der Waals surface area contributed by atoms with Gasteiger partial charge in [0.05, 0.1) is 28.7 Å². The van der Waals surface area contributed by atoms with Crippen LogP contribution in [0.2, 0.25) is 0 Å². The van der Waals surface area contributed by atoms with Crippen LogP contribution in [0.4, 0.5) is 5.69 Å². The van der Waals surface area contributed by atoms with E-state index in [-0.39, 0.29) is 0 Å². The van der Waals surface area contributed by atoms with E-state index in [1.165, 1.54) is 6.92 Å². The first-order chi connectivity index (χ1) is 10.8. The molecule has 0 radical (unpaired) electrons. The Morgan fingerprint density at radius 1 is 1.26 bits per heavy atom. The van der Waals surface area contributed by atoms with Gasteiger partial charge in [0.15, 0.2) is 6.61 Å². The van der Waals surface area contributed by atoms with Crippen molar-refractivity contribution in [2.45, 2.75) is 20.8 Å². The molecule has 0 saturated carbocycles. The molecule has 7 nitrogen and oxygen atoms in total. The summed E-state index contributed by atoms with van der Waals surface area (Å²) in [6.07, 6.45) is 0. The maximum atomic E-state index is 11.7. The highest BCUT2D eigenvalue weighted by molar-refractivity contribution is 6.03. The summed E-state index contributed by atoms with van der Waals surface area (Å²) < 4.78 is 4.62. The lowest BCUT2D eigenvalue weighted by molar-refractivity contribution is -0.146. The Hall–Kier alpha value is -3.14. The third-order valence-electron chi connectivity index (χ3n) is 2.72.